The van der Waals surface area contributed by atoms with Gasteiger partial charge in [-0.15, -0.1) is 0 Å². The number of fused-ring (bicyclic) bond motifs is 1. The number of anilines is 2. The van der Waals surface area contributed by atoms with Gasteiger partial charge in [0.25, 0.3) is 5.91 Å². The van der Waals surface area contributed by atoms with E-state index in [4.69, 9.17) is 4.98 Å². The van der Waals surface area contributed by atoms with Crippen molar-refractivity contribution in [3.05, 3.63) is 139 Å². The first-order chi connectivity index (χ1) is 21.8. The van der Waals surface area contributed by atoms with Crippen molar-refractivity contribution in [1.29, 1.82) is 0 Å². The lowest BCUT2D eigenvalue weighted by Gasteiger charge is -2.27. The standard InChI is InChI=1S/C27H25N3OS.C12H17N/c1-19-8-12-22(18-24(19)26-15-11-20-6-2-3-7-25(20)29-26)28-27(31)21-9-13-23(14-10-21)30-16-4-5-17-32-30;1-6-8-10(3)11(4)12(5)13-9-7-2/h2-3,6-15,18H,4-5,16-17H2,1H3,(H,28,31);6-9H,1,4H2,2-3,5H3/b;9-7-,10-8-,13-12?. The Morgan fingerprint density at radius 3 is 2.51 bits per heavy atom. The third kappa shape index (κ3) is 9.16. The molecular formula is C39H42N4OS. The molecule has 0 bridgehead atoms. The largest absolute Gasteiger partial charge is 0.322 e. The maximum absolute atomic E-state index is 12.9. The summed E-state index contributed by atoms with van der Waals surface area (Å²) in [5.74, 6) is 1.05. The Morgan fingerprint density at radius 2 is 1.80 bits per heavy atom. The van der Waals surface area contributed by atoms with Crippen molar-refractivity contribution in [1.82, 2.24) is 4.98 Å². The summed E-state index contributed by atoms with van der Waals surface area (Å²) in [4.78, 5) is 21.9. The van der Waals surface area contributed by atoms with Crippen LogP contribution in [0.15, 0.2) is 133 Å². The molecule has 1 aliphatic rings. The third-order valence-electron chi connectivity index (χ3n) is 7.49. The van der Waals surface area contributed by atoms with E-state index in [1.54, 1.807) is 12.3 Å². The molecule has 0 unspecified atom stereocenters. The van der Waals surface area contributed by atoms with E-state index in [0.29, 0.717) is 5.56 Å². The number of para-hydroxylation sites is 1. The number of pyridine rings is 1. The molecule has 0 radical (unpaired) electrons. The van der Waals surface area contributed by atoms with Gasteiger partial charge in [0.2, 0.25) is 0 Å². The summed E-state index contributed by atoms with van der Waals surface area (Å²) in [5, 5.41) is 4.16. The van der Waals surface area contributed by atoms with Crippen molar-refractivity contribution < 1.29 is 4.79 Å². The van der Waals surface area contributed by atoms with E-state index in [1.165, 1.54) is 12.8 Å². The number of aryl methyl sites for hydroxylation is 1. The number of nitrogens with zero attached hydrogens (tertiary/aromatic N) is 3. The zero-order valence-corrected chi connectivity index (χ0v) is 27.5. The lowest BCUT2D eigenvalue weighted by atomic mass is 10.0. The molecule has 1 aliphatic heterocycles. The van der Waals surface area contributed by atoms with Crippen LogP contribution in [0.2, 0.25) is 0 Å². The topological polar surface area (TPSA) is 57.6 Å². The summed E-state index contributed by atoms with van der Waals surface area (Å²) in [6, 6.07) is 26.1. The van der Waals surface area contributed by atoms with Crippen LogP contribution in [0.3, 0.4) is 0 Å². The first-order valence-corrected chi connectivity index (χ1v) is 16.2. The predicted octanol–water partition coefficient (Wildman–Crippen LogP) is 10.4. The minimum atomic E-state index is -0.107. The van der Waals surface area contributed by atoms with Gasteiger partial charge in [-0.05, 0) is 118 Å². The molecule has 1 amide bonds. The average Bonchev–Trinajstić information content (AvgIpc) is 3.08. The van der Waals surface area contributed by atoms with E-state index in [1.807, 2.05) is 112 Å². The quantitative estimate of drug-likeness (QED) is 0.122. The van der Waals surface area contributed by atoms with Crippen LogP contribution in [0.1, 0.15) is 49.5 Å². The molecule has 5 rings (SSSR count). The minimum absolute atomic E-state index is 0.107. The van der Waals surface area contributed by atoms with E-state index in [9.17, 15) is 4.79 Å². The molecule has 1 saturated heterocycles. The summed E-state index contributed by atoms with van der Waals surface area (Å²) >= 11 is 1.86. The molecule has 6 heteroatoms. The number of rotatable bonds is 8. The normalized spacial score (nSPS) is 13.7. The molecule has 0 atom stereocenters. The van der Waals surface area contributed by atoms with Gasteiger partial charge in [-0.3, -0.25) is 9.79 Å². The number of nitrogens with one attached hydrogen (secondary N) is 1. The van der Waals surface area contributed by atoms with E-state index in [2.05, 4.69) is 46.8 Å². The van der Waals surface area contributed by atoms with Gasteiger partial charge in [-0.2, -0.15) is 0 Å². The Hall–Kier alpha value is -4.68. The zero-order valence-electron chi connectivity index (χ0n) is 26.7. The molecule has 0 saturated carbocycles. The fraction of sp³-hybridized carbons (Fsp3) is 0.205. The van der Waals surface area contributed by atoms with Crippen LogP contribution < -0.4 is 9.62 Å². The van der Waals surface area contributed by atoms with Crippen molar-refractivity contribution >= 4 is 45.8 Å². The molecule has 0 aliphatic carbocycles. The lowest BCUT2D eigenvalue weighted by Crippen LogP contribution is -2.21. The van der Waals surface area contributed by atoms with Crippen LogP contribution in [-0.4, -0.2) is 28.9 Å². The van der Waals surface area contributed by atoms with Crippen molar-refractivity contribution in [2.75, 3.05) is 21.9 Å². The third-order valence-corrected chi connectivity index (χ3v) is 8.66. The van der Waals surface area contributed by atoms with Crippen LogP contribution >= 0.6 is 11.9 Å². The maximum Gasteiger partial charge on any atom is 0.255 e. The van der Waals surface area contributed by atoms with Crippen LogP contribution in [0.4, 0.5) is 11.4 Å². The molecule has 1 fully saturated rings. The van der Waals surface area contributed by atoms with Gasteiger partial charge in [0.15, 0.2) is 0 Å². The number of allylic oxidation sites excluding steroid dienone is 5. The second-order valence-electron chi connectivity index (χ2n) is 10.8. The second kappa shape index (κ2) is 16.4. The van der Waals surface area contributed by atoms with Crippen molar-refractivity contribution in [2.24, 2.45) is 4.99 Å². The van der Waals surface area contributed by atoms with Gasteiger partial charge in [0.1, 0.15) is 0 Å². The fourth-order valence-corrected chi connectivity index (χ4v) is 5.88. The molecule has 5 nitrogen and oxygen atoms in total. The zero-order chi connectivity index (χ0) is 32.2. The number of carbonyl (C=O) groups excluding carboxylic acids is 1. The Morgan fingerprint density at radius 1 is 1.02 bits per heavy atom. The lowest BCUT2D eigenvalue weighted by molar-refractivity contribution is 0.102. The summed E-state index contributed by atoms with van der Waals surface area (Å²) in [5.41, 5.74) is 9.58. The minimum Gasteiger partial charge on any atom is -0.322 e. The van der Waals surface area contributed by atoms with Crippen LogP contribution in [-0.2, 0) is 0 Å². The van der Waals surface area contributed by atoms with Crippen LogP contribution in [0.5, 0.6) is 0 Å². The fourth-order valence-electron chi connectivity index (χ4n) is 4.80. The van der Waals surface area contributed by atoms with Crippen molar-refractivity contribution in [3.63, 3.8) is 0 Å². The Kier molecular flexibility index (Phi) is 12.1. The number of aliphatic imine (C=N–C) groups is 1. The summed E-state index contributed by atoms with van der Waals surface area (Å²) in [7, 11) is 0. The summed E-state index contributed by atoms with van der Waals surface area (Å²) < 4.78 is 2.31. The smallest absolute Gasteiger partial charge is 0.255 e. The number of aromatic nitrogens is 1. The molecular weight excluding hydrogens is 573 g/mol. The molecule has 45 heavy (non-hydrogen) atoms. The Balaban J connectivity index is 0.000000302. The van der Waals surface area contributed by atoms with Gasteiger partial charge in [0.05, 0.1) is 11.2 Å². The monoisotopic (exact) mass is 614 g/mol. The highest BCUT2D eigenvalue weighted by molar-refractivity contribution is 8.00. The summed E-state index contributed by atoms with van der Waals surface area (Å²) in [6.07, 6.45) is 9.83. The molecule has 2 heterocycles. The molecule has 3 aromatic carbocycles. The predicted molar refractivity (Wildman–Crippen MR) is 196 cm³/mol. The number of benzene rings is 3. The number of hydrogen-bond donors (Lipinski definition) is 1. The molecule has 4 aromatic rings. The highest BCUT2D eigenvalue weighted by atomic mass is 32.2. The maximum atomic E-state index is 12.9. The summed E-state index contributed by atoms with van der Waals surface area (Å²) in [6.45, 7) is 16.6. The van der Waals surface area contributed by atoms with E-state index < -0.39 is 0 Å². The van der Waals surface area contributed by atoms with Crippen LogP contribution in [0, 0.1) is 6.92 Å². The molecule has 1 aromatic heterocycles. The molecule has 1 N–H and O–H groups in total. The molecule has 0 spiro atoms. The van der Waals surface area contributed by atoms with Gasteiger partial charge in [-0.1, -0.05) is 61.7 Å². The number of carbonyl (C=O) groups is 1. The average molecular weight is 615 g/mol. The SMILES string of the molecule is C=C/C=C(/C)C(=C)C(C)=N/C=C\C.Cc1ccc(NC(=O)c2ccc(N3CCCCS3)cc2)cc1-c1ccc2ccccc2n1. The van der Waals surface area contributed by atoms with E-state index in [0.717, 1.165) is 68.3 Å². The highest BCUT2D eigenvalue weighted by Gasteiger charge is 2.14. The van der Waals surface area contributed by atoms with Crippen LogP contribution in [0.25, 0.3) is 22.2 Å². The van der Waals surface area contributed by atoms with Crippen molar-refractivity contribution in [3.8, 4) is 11.3 Å². The number of amides is 1. The van der Waals surface area contributed by atoms with Gasteiger partial charge < -0.3 is 9.62 Å². The van der Waals surface area contributed by atoms with E-state index >= 15 is 0 Å². The number of hydrogen-bond acceptors (Lipinski definition) is 5. The Labute approximate surface area is 272 Å². The first kappa shape index (κ1) is 33.2. The molecule has 230 valence electrons. The van der Waals surface area contributed by atoms with Gasteiger partial charge >= 0.3 is 0 Å². The van der Waals surface area contributed by atoms with Crippen molar-refractivity contribution in [2.45, 2.75) is 40.5 Å². The Bertz CT molecular complexity index is 1740. The first-order valence-electron chi connectivity index (χ1n) is 15.2. The van der Waals surface area contributed by atoms with Gasteiger partial charge in [-0.25, -0.2) is 4.98 Å². The highest BCUT2D eigenvalue weighted by Crippen LogP contribution is 2.29. The van der Waals surface area contributed by atoms with Gasteiger partial charge in [0, 0.05) is 52.1 Å². The second-order valence-corrected chi connectivity index (χ2v) is 11.9. The van der Waals surface area contributed by atoms with E-state index in [-0.39, 0.29) is 5.91 Å².